The first kappa shape index (κ1) is 57.8. The number of hydrazine groups is 1. The van der Waals surface area contributed by atoms with E-state index in [1.165, 1.54) is 4.90 Å². The summed E-state index contributed by atoms with van der Waals surface area (Å²) >= 11 is 0. The molecular weight excluding hydrogens is 938 g/mol. The Morgan fingerprint density at radius 3 is 2.37 bits per heavy atom. The number of hydrogen-bond donors (Lipinski definition) is 2. The normalized spacial score (nSPS) is 16.3. The van der Waals surface area contributed by atoms with E-state index in [1.54, 1.807) is 18.3 Å². The number of alkyl halides is 1. The van der Waals surface area contributed by atoms with E-state index in [4.69, 9.17) is 24.1 Å². The average Bonchev–Trinajstić information content (AvgIpc) is 3.96. The molecule has 398 valence electrons. The molecule has 2 aliphatic rings. The van der Waals surface area contributed by atoms with Crippen molar-refractivity contribution >= 4 is 34.9 Å². The molecule has 19 nitrogen and oxygen atoms in total. The van der Waals surface area contributed by atoms with E-state index < -0.39 is 28.7 Å². The highest BCUT2D eigenvalue weighted by Crippen LogP contribution is 2.41. The summed E-state index contributed by atoms with van der Waals surface area (Å²) in [6.45, 7) is 18.5. The van der Waals surface area contributed by atoms with Crippen molar-refractivity contribution in [2.75, 3.05) is 68.1 Å². The number of methoxy groups -OCH3 is 1. The number of amides is 3. The molecule has 3 atom stereocenters. The van der Waals surface area contributed by atoms with Crippen molar-refractivity contribution in [1.82, 2.24) is 50.1 Å². The standard InChI is InChI=1S/C39H55N9O6.C14H21FN2O2/c1-10-47-31-16-15-26(20-28(31)29(22-39(5,6)23-53-45-51)35(47)27-14-13-17-40-33(27)25(4)52-9)37-43-32(44-54-37)21-30(38(50)48-19-12-11-18-41-48)42-36(49)34(24(2)3)46(7)8;1-13(2,16(3)4)6-5-12(19)17-9-7-14(15,11-18)8-10-17/h13-17,20,24-25,30,34,41H,10-12,18-19,21-23H2,1-9H3,(H,42,49);11H,7-10H2,1-4H3. The SMILES string of the molecule is CCn1c(-c2cccnc2C(C)OC)c(CC(C)(C)CON=O)c2cc(-c3nc(CC(NC(=O)C(C(C)C)N(C)C)C(=O)N4CCCCN4)no3)ccc21.CN(C)C(C)(C)C#CC(=O)N1CCC(F)(C=O)CC1. The maximum absolute atomic E-state index is 13.8. The van der Waals surface area contributed by atoms with Crippen molar-refractivity contribution in [3.8, 4) is 34.6 Å². The monoisotopic (exact) mass is 1010 g/mol. The summed E-state index contributed by atoms with van der Waals surface area (Å²) in [4.78, 5) is 80.5. The number of aryl methyl sites for hydroxylation is 1. The summed E-state index contributed by atoms with van der Waals surface area (Å²) in [6, 6.07) is 8.67. The third-order valence-corrected chi connectivity index (χ3v) is 13.7. The number of aldehydes is 1. The van der Waals surface area contributed by atoms with E-state index in [0.717, 1.165) is 46.3 Å². The van der Waals surface area contributed by atoms with Gasteiger partial charge in [-0.15, -0.1) is 4.91 Å². The van der Waals surface area contributed by atoms with Crippen LogP contribution in [0.15, 0.2) is 46.4 Å². The quantitative estimate of drug-likeness (QED) is 0.0454. The van der Waals surface area contributed by atoms with Crippen LogP contribution in [0.25, 0.3) is 33.6 Å². The highest BCUT2D eigenvalue weighted by molar-refractivity contribution is 5.95. The van der Waals surface area contributed by atoms with E-state index in [9.17, 15) is 28.5 Å². The number of carbonyl (C=O) groups is 4. The number of carbonyl (C=O) groups excluding carboxylic acids is 4. The predicted octanol–water partition coefficient (Wildman–Crippen LogP) is 6.35. The van der Waals surface area contributed by atoms with Crippen LogP contribution in [0, 0.1) is 28.1 Å². The molecule has 5 heterocycles. The number of likely N-dealkylation sites (N-methyl/N-ethyl adjacent to an activating group) is 1. The molecule has 4 aromatic rings. The van der Waals surface area contributed by atoms with Crippen molar-refractivity contribution in [3.63, 3.8) is 0 Å². The molecule has 2 fully saturated rings. The lowest BCUT2D eigenvalue weighted by molar-refractivity contribution is -0.141. The van der Waals surface area contributed by atoms with Crippen LogP contribution in [0.5, 0.6) is 0 Å². The molecule has 2 N–H and O–H groups in total. The number of likely N-dealkylation sites (tertiary alicyclic amines) is 1. The van der Waals surface area contributed by atoms with Gasteiger partial charge in [0, 0.05) is 92.7 Å². The molecule has 1 aromatic carbocycles. The molecule has 3 amide bonds. The van der Waals surface area contributed by atoms with Gasteiger partial charge in [-0.3, -0.25) is 39.0 Å². The molecule has 0 radical (unpaired) electrons. The first-order valence-corrected chi connectivity index (χ1v) is 25.1. The second-order valence-corrected chi connectivity index (χ2v) is 21.0. The van der Waals surface area contributed by atoms with Gasteiger partial charge in [0.25, 0.3) is 17.7 Å². The summed E-state index contributed by atoms with van der Waals surface area (Å²) in [5, 5.41) is 12.5. The zero-order valence-electron chi connectivity index (χ0n) is 45.0. The Bertz CT molecular complexity index is 2590. The van der Waals surface area contributed by atoms with Gasteiger partial charge in [-0.05, 0) is 123 Å². The fourth-order valence-electron chi connectivity index (χ4n) is 9.04. The van der Waals surface area contributed by atoms with E-state index in [0.29, 0.717) is 43.7 Å². The predicted molar refractivity (Wildman–Crippen MR) is 277 cm³/mol. The first-order valence-electron chi connectivity index (χ1n) is 25.1. The highest BCUT2D eigenvalue weighted by Gasteiger charge is 2.36. The first-order chi connectivity index (χ1) is 34.5. The number of ether oxygens (including phenoxy) is 1. The van der Waals surface area contributed by atoms with Gasteiger partial charge in [0.15, 0.2) is 23.1 Å². The molecule has 0 aliphatic carbocycles. The van der Waals surface area contributed by atoms with Crippen LogP contribution in [0.1, 0.15) is 104 Å². The van der Waals surface area contributed by atoms with Gasteiger partial charge in [0.2, 0.25) is 5.91 Å². The average molecular weight is 1010 g/mol. The largest absolute Gasteiger partial charge is 0.375 e. The minimum absolute atomic E-state index is 0.0245. The lowest BCUT2D eigenvalue weighted by Gasteiger charge is -2.33. The Labute approximate surface area is 429 Å². The van der Waals surface area contributed by atoms with Crippen molar-refractivity contribution < 1.29 is 37.7 Å². The van der Waals surface area contributed by atoms with Crippen LogP contribution in [0.3, 0.4) is 0 Å². The minimum Gasteiger partial charge on any atom is -0.375 e. The van der Waals surface area contributed by atoms with Crippen LogP contribution in [-0.4, -0.2) is 155 Å². The van der Waals surface area contributed by atoms with Gasteiger partial charge in [0.05, 0.1) is 29.1 Å². The molecule has 2 saturated heterocycles. The Morgan fingerprint density at radius 1 is 1.07 bits per heavy atom. The number of pyridine rings is 1. The van der Waals surface area contributed by atoms with Crippen molar-refractivity contribution in [3.05, 3.63) is 58.5 Å². The van der Waals surface area contributed by atoms with E-state index in [-0.39, 0.29) is 74.6 Å². The summed E-state index contributed by atoms with van der Waals surface area (Å²) in [5.41, 5.74) is 6.02. The lowest BCUT2D eigenvalue weighted by Crippen LogP contribution is -2.58. The fraction of sp³-hybridized carbons (Fsp3) is 0.604. The van der Waals surface area contributed by atoms with E-state index in [1.807, 2.05) is 111 Å². The summed E-state index contributed by atoms with van der Waals surface area (Å²) in [7, 11) is 9.15. The second-order valence-electron chi connectivity index (χ2n) is 21.0. The number of aromatic nitrogens is 4. The van der Waals surface area contributed by atoms with E-state index in [2.05, 4.69) is 50.6 Å². The Hall–Kier alpha value is -6.14. The fourth-order valence-corrected chi connectivity index (χ4v) is 9.04. The van der Waals surface area contributed by atoms with Crippen LogP contribution in [0.2, 0.25) is 0 Å². The number of piperidine rings is 1. The van der Waals surface area contributed by atoms with Crippen molar-refractivity contribution in [2.24, 2.45) is 16.7 Å². The number of benzene rings is 1. The molecule has 6 rings (SSSR count). The highest BCUT2D eigenvalue weighted by atomic mass is 19.1. The Balaban J connectivity index is 0.000000437. The van der Waals surface area contributed by atoms with E-state index >= 15 is 0 Å². The zero-order chi connectivity index (χ0) is 53.8. The number of fused-ring (bicyclic) bond motifs is 1. The Morgan fingerprint density at radius 2 is 1.78 bits per heavy atom. The molecule has 3 unspecified atom stereocenters. The smallest absolute Gasteiger partial charge is 0.298 e. The molecular formula is C53H76FN11O8. The van der Waals surface area contributed by atoms with Gasteiger partial charge < -0.3 is 28.9 Å². The van der Waals surface area contributed by atoms with Gasteiger partial charge in [0.1, 0.15) is 12.6 Å². The maximum atomic E-state index is 13.8. The summed E-state index contributed by atoms with van der Waals surface area (Å²) in [6.07, 6.45) is 4.40. The summed E-state index contributed by atoms with van der Waals surface area (Å²) < 4.78 is 27.5. The second kappa shape index (κ2) is 25.2. The Kier molecular flexibility index (Phi) is 19.9. The topological polar surface area (TPSA) is 210 Å². The number of nitrogens with zero attached hydrogens (tertiary/aromatic N) is 9. The van der Waals surface area contributed by atoms with Crippen molar-refractivity contribution in [1.29, 1.82) is 0 Å². The molecule has 2 aliphatic heterocycles. The number of rotatable bonds is 19. The lowest BCUT2D eigenvalue weighted by atomic mass is 9.84. The molecule has 73 heavy (non-hydrogen) atoms. The van der Waals surface area contributed by atoms with Gasteiger partial charge >= 0.3 is 0 Å². The minimum atomic E-state index is -1.77. The molecule has 0 bridgehead atoms. The van der Waals surface area contributed by atoms with Gasteiger partial charge in [-0.25, -0.2) is 9.82 Å². The van der Waals surface area contributed by atoms with Crippen LogP contribution in [0.4, 0.5) is 4.39 Å². The number of hydrogen-bond acceptors (Lipinski definition) is 15. The number of halogens is 1. The van der Waals surface area contributed by atoms with Gasteiger partial charge in [-0.2, -0.15) is 4.98 Å². The zero-order valence-corrected chi connectivity index (χ0v) is 45.0. The van der Waals surface area contributed by atoms with Gasteiger partial charge in [-0.1, -0.05) is 38.8 Å². The summed E-state index contributed by atoms with van der Waals surface area (Å²) in [5.74, 6) is 5.34. The third-order valence-electron chi connectivity index (χ3n) is 13.7. The third kappa shape index (κ3) is 14.6. The molecule has 0 spiro atoms. The van der Waals surface area contributed by atoms with Crippen LogP contribution < -0.4 is 10.7 Å². The maximum Gasteiger partial charge on any atom is 0.298 e. The number of nitrogens with one attached hydrogen (secondary N) is 2. The van der Waals surface area contributed by atoms with Crippen LogP contribution >= 0.6 is 0 Å². The molecule has 0 saturated carbocycles. The molecule has 3 aromatic heterocycles. The van der Waals surface area contributed by atoms with Crippen LogP contribution in [-0.2, 0) is 48.1 Å². The van der Waals surface area contributed by atoms with Crippen molar-refractivity contribution in [2.45, 2.75) is 130 Å². The molecule has 20 heteroatoms.